The number of hydrogen-bond donors (Lipinski definition) is 1. The number of amides is 1. The van der Waals surface area contributed by atoms with Gasteiger partial charge in [-0.3, -0.25) is 4.79 Å². The third-order valence-electron chi connectivity index (χ3n) is 4.71. The number of carbonyl (C=O) groups is 1. The van der Waals surface area contributed by atoms with Crippen LogP contribution in [0.4, 0.5) is 5.69 Å². The molecule has 1 unspecified atom stereocenters. The molecule has 1 fully saturated rings. The summed E-state index contributed by atoms with van der Waals surface area (Å²) >= 11 is 10.4. The van der Waals surface area contributed by atoms with E-state index < -0.39 is 0 Å². The molecule has 1 aliphatic heterocycles. The Morgan fingerprint density at radius 2 is 1.81 bits per heavy atom. The van der Waals surface area contributed by atoms with E-state index in [0.717, 1.165) is 21.8 Å². The van der Waals surface area contributed by atoms with Gasteiger partial charge in [-0.05, 0) is 36.0 Å². The van der Waals surface area contributed by atoms with Crippen LogP contribution in [0.3, 0.4) is 0 Å². The number of halogens is 2. The fourth-order valence-corrected chi connectivity index (χ4v) is 4.83. The molecule has 1 saturated carbocycles. The number of nitrogens with one attached hydrogen (secondary N) is 1. The predicted octanol–water partition coefficient (Wildman–Crippen LogP) is 5.63. The Kier molecular flexibility index (Phi) is 4.90. The zero-order valence-electron chi connectivity index (χ0n) is 12.1. The summed E-state index contributed by atoms with van der Waals surface area (Å²) in [5.41, 5.74) is 3.11. The molecule has 2 aliphatic rings. The van der Waals surface area contributed by atoms with E-state index in [1.807, 2.05) is 6.07 Å². The molecule has 0 aromatic heterocycles. The fourth-order valence-electron chi connectivity index (χ4n) is 3.51. The van der Waals surface area contributed by atoms with E-state index in [0.29, 0.717) is 17.2 Å². The summed E-state index contributed by atoms with van der Waals surface area (Å²) in [5, 5.41) is 3.63. The topological polar surface area (TPSA) is 29.1 Å². The van der Waals surface area contributed by atoms with Gasteiger partial charge in [-0.1, -0.05) is 65.7 Å². The van der Waals surface area contributed by atoms with Crippen LogP contribution in [0.2, 0.25) is 5.02 Å². The van der Waals surface area contributed by atoms with Gasteiger partial charge >= 0.3 is 0 Å². The lowest BCUT2D eigenvalue weighted by Gasteiger charge is -2.26. The molecule has 21 heavy (non-hydrogen) atoms. The maximum Gasteiger partial charge on any atom is 0.228 e. The monoisotopic (exact) mass is 369 g/mol. The van der Waals surface area contributed by atoms with E-state index in [1.54, 1.807) is 0 Å². The molecule has 2 nitrogen and oxygen atoms in total. The number of rotatable bonds is 2. The highest BCUT2D eigenvalue weighted by atomic mass is 79.9. The van der Waals surface area contributed by atoms with Crippen LogP contribution in [0, 0.1) is 5.92 Å². The highest BCUT2D eigenvalue weighted by Gasteiger charge is 2.26. The zero-order valence-corrected chi connectivity index (χ0v) is 14.5. The van der Waals surface area contributed by atoms with E-state index in [-0.39, 0.29) is 5.91 Å². The lowest BCUT2D eigenvalue weighted by molar-refractivity contribution is -0.115. The molecule has 0 bridgehead atoms. The quantitative estimate of drug-likeness (QED) is 0.671. The van der Waals surface area contributed by atoms with Crippen LogP contribution in [0.5, 0.6) is 0 Å². The van der Waals surface area contributed by atoms with Gasteiger partial charge in [0, 0.05) is 15.5 Å². The van der Waals surface area contributed by atoms with Crippen LogP contribution in [0.15, 0.2) is 12.1 Å². The largest absolute Gasteiger partial charge is 0.325 e. The highest BCUT2D eigenvalue weighted by Crippen LogP contribution is 2.43. The molecule has 1 aliphatic carbocycles. The van der Waals surface area contributed by atoms with E-state index in [9.17, 15) is 4.79 Å². The van der Waals surface area contributed by atoms with E-state index in [1.165, 1.54) is 44.9 Å². The first-order valence-corrected chi connectivity index (χ1v) is 9.21. The molecule has 1 amide bonds. The minimum Gasteiger partial charge on any atom is -0.325 e. The molecule has 3 rings (SSSR count). The van der Waals surface area contributed by atoms with Crippen LogP contribution in [0.1, 0.15) is 60.9 Å². The van der Waals surface area contributed by atoms with Crippen molar-refractivity contribution < 1.29 is 4.79 Å². The number of fused-ring (bicyclic) bond motifs is 1. The van der Waals surface area contributed by atoms with Crippen molar-refractivity contribution in [1.82, 2.24) is 0 Å². The number of hydrogen-bond acceptors (Lipinski definition) is 1. The summed E-state index contributed by atoms with van der Waals surface area (Å²) in [4.78, 5) is 11.8. The molecule has 114 valence electrons. The third kappa shape index (κ3) is 3.45. The van der Waals surface area contributed by atoms with Gasteiger partial charge in [-0.15, -0.1) is 0 Å². The van der Waals surface area contributed by atoms with Crippen molar-refractivity contribution in [2.24, 2.45) is 5.92 Å². The third-order valence-corrected chi connectivity index (χ3v) is 6.28. The molecule has 0 spiro atoms. The minimum atomic E-state index is 0.0651. The molecule has 1 aromatic rings. The summed E-state index contributed by atoms with van der Waals surface area (Å²) in [6.07, 6.45) is 9.72. The van der Waals surface area contributed by atoms with Crippen molar-refractivity contribution in [3.8, 4) is 0 Å². The summed E-state index contributed by atoms with van der Waals surface area (Å²) in [7, 11) is 0. The van der Waals surface area contributed by atoms with E-state index >= 15 is 0 Å². The molecule has 1 N–H and O–H groups in total. The Hall–Kier alpha value is -0.540. The lowest BCUT2D eigenvalue weighted by Crippen LogP contribution is -2.10. The first-order chi connectivity index (χ1) is 10.1. The van der Waals surface area contributed by atoms with Crippen molar-refractivity contribution in [3.63, 3.8) is 0 Å². The van der Waals surface area contributed by atoms with Crippen molar-refractivity contribution in [1.29, 1.82) is 0 Å². The fraction of sp³-hybridized carbons (Fsp3) is 0.588. The molecule has 1 aromatic carbocycles. The van der Waals surface area contributed by atoms with Crippen LogP contribution in [-0.2, 0) is 11.2 Å². The lowest BCUT2D eigenvalue weighted by atomic mass is 9.86. The van der Waals surface area contributed by atoms with Crippen LogP contribution in [0.25, 0.3) is 0 Å². The summed E-state index contributed by atoms with van der Waals surface area (Å²) < 4.78 is 0. The van der Waals surface area contributed by atoms with Crippen molar-refractivity contribution in [2.75, 3.05) is 5.32 Å². The maximum atomic E-state index is 11.5. The average Bonchev–Trinajstić information content (AvgIpc) is 2.76. The Bertz CT molecular complexity index is 538. The smallest absolute Gasteiger partial charge is 0.228 e. The Morgan fingerprint density at radius 1 is 1.14 bits per heavy atom. The van der Waals surface area contributed by atoms with Crippen LogP contribution >= 0.6 is 27.5 Å². The molecule has 1 heterocycles. The Labute approximate surface area is 139 Å². The standard InChI is InChI=1S/C17H21BrClNO/c18-17(11-6-4-2-1-3-5-7-11)13-8-12-9-16(21)20-15(12)10-14(13)19/h8,10-11,17H,1-7,9H2,(H,20,21). The summed E-state index contributed by atoms with van der Waals surface area (Å²) in [5.74, 6) is 0.709. The molecular weight excluding hydrogens is 350 g/mol. The second kappa shape index (κ2) is 6.70. The van der Waals surface area contributed by atoms with E-state index in [2.05, 4.69) is 27.3 Å². The van der Waals surface area contributed by atoms with Crippen LogP contribution in [-0.4, -0.2) is 5.91 Å². The van der Waals surface area contributed by atoms with Gasteiger partial charge in [-0.25, -0.2) is 0 Å². The second-order valence-electron chi connectivity index (χ2n) is 6.26. The Morgan fingerprint density at radius 3 is 2.52 bits per heavy atom. The normalized spacial score (nSPS) is 21.3. The number of benzene rings is 1. The number of carbonyl (C=O) groups excluding carboxylic acids is 1. The highest BCUT2D eigenvalue weighted by molar-refractivity contribution is 9.09. The summed E-state index contributed by atoms with van der Waals surface area (Å²) in [6, 6.07) is 4.03. The number of anilines is 1. The Balaban J connectivity index is 1.82. The van der Waals surface area contributed by atoms with Crippen molar-refractivity contribution >= 4 is 39.1 Å². The molecule has 0 saturated heterocycles. The maximum absolute atomic E-state index is 11.5. The van der Waals surface area contributed by atoms with Crippen LogP contribution < -0.4 is 5.32 Å². The predicted molar refractivity (Wildman–Crippen MR) is 91.3 cm³/mol. The second-order valence-corrected chi connectivity index (χ2v) is 7.66. The molecule has 4 heteroatoms. The molecule has 0 radical (unpaired) electrons. The van der Waals surface area contributed by atoms with Gasteiger partial charge in [0.1, 0.15) is 0 Å². The molecular formula is C17H21BrClNO. The van der Waals surface area contributed by atoms with Gasteiger partial charge in [0.25, 0.3) is 0 Å². The van der Waals surface area contributed by atoms with Gasteiger partial charge in [0.05, 0.1) is 6.42 Å². The van der Waals surface area contributed by atoms with Gasteiger partial charge in [0.2, 0.25) is 5.91 Å². The summed E-state index contributed by atoms with van der Waals surface area (Å²) in [6.45, 7) is 0. The van der Waals surface area contributed by atoms with Gasteiger partial charge in [0.15, 0.2) is 0 Å². The number of alkyl halides is 1. The van der Waals surface area contributed by atoms with E-state index in [4.69, 9.17) is 11.6 Å². The van der Waals surface area contributed by atoms with Crippen molar-refractivity contribution in [2.45, 2.75) is 56.2 Å². The van der Waals surface area contributed by atoms with Crippen molar-refractivity contribution in [3.05, 3.63) is 28.3 Å². The van der Waals surface area contributed by atoms with Gasteiger partial charge < -0.3 is 5.32 Å². The average molecular weight is 371 g/mol. The first-order valence-electron chi connectivity index (χ1n) is 7.91. The first kappa shape index (κ1) is 15.4. The molecule has 1 atom stereocenters. The SMILES string of the molecule is O=C1Cc2cc(C(Br)C3CCCCCCC3)c(Cl)cc2N1. The minimum absolute atomic E-state index is 0.0651. The van der Waals surface area contributed by atoms with Gasteiger partial charge in [-0.2, -0.15) is 0 Å². The zero-order chi connectivity index (χ0) is 14.8.